The quantitative estimate of drug-likeness (QED) is 0.885. The van der Waals surface area contributed by atoms with Gasteiger partial charge in [-0.25, -0.2) is 17.5 Å². The molecular weight excluding hydrogens is 317 g/mol. The summed E-state index contributed by atoms with van der Waals surface area (Å²) in [5.41, 5.74) is 0.291. The van der Waals surface area contributed by atoms with E-state index in [-0.39, 0.29) is 9.92 Å². The lowest BCUT2D eigenvalue weighted by atomic mass is 10.1. The zero-order valence-corrected chi connectivity index (χ0v) is 12.4. The van der Waals surface area contributed by atoms with E-state index in [4.69, 9.17) is 11.6 Å². The first-order chi connectivity index (χ1) is 9.94. The third-order valence-corrected chi connectivity index (χ3v) is 4.67. The summed E-state index contributed by atoms with van der Waals surface area (Å²) < 4.78 is 40.1. The van der Waals surface area contributed by atoms with Crippen molar-refractivity contribution in [3.8, 4) is 0 Å². The molecule has 0 heterocycles. The van der Waals surface area contributed by atoms with Crippen LogP contribution in [0, 0.1) is 5.82 Å². The molecule has 0 amide bonds. The molecule has 1 atom stereocenters. The smallest absolute Gasteiger partial charge is 0.241 e. The SMILES string of the molecule is O=S(=O)(NC(CO)c1ccc(Cl)c(F)c1)c1ccccc1. The van der Waals surface area contributed by atoms with Gasteiger partial charge in [0.2, 0.25) is 10.0 Å². The van der Waals surface area contributed by atoms with E-state index in [0.717, 1.165) is 6.07 Å². The van der Waals surface area contributed by atoms with E-state index in [1.165, 1.54) is 24.3 Å². The van der Waals surface area contributed by atoms with E-state index < -0.39 is 28.5 Å². The number of benzene rings is 2. The van der Waals surface area contributed by atoms with Crippen molar-refractivity contribution in [3.05, 3.63) is 64.9 Å². The first kappa shape index (κ1) is 15.9. The molecule has 0 saturated heterocycles. The molecule has 0 aromatic heterocycles. The van der Waals surface area contributed by atoms with Crippen molar-refractivity contribution in [2.24, 2.45) is 0 Å². The van der Waals surface area contributed by atoms with Crippen molar-refractivity contribution < 1.29 is 17.9 Å². The Bertz CT molecular complexity index is 722. The number of halogens is 2. The van der Waals surface area contributed by atoms with Gasteiger partial charge in [-0.05, 0) is 29.8 Å². The number of sulfonamides is 1. The first-order valence-corrected chi connectivity index (χ1v) is 7.93. The van der Waals surface area contributed by atoms with Crippen LogP contribution in [-0.4, -0.2) is 20.1 Å². The molecule has 2 aromatic carbocycles. The molecule has 0 bridgehead atoms. The van der Waals surface area contributed by atoms with Crippen LogP contribution in [0.15, 0.2) is 53.4 Å². The van der Waals surface area contributed by atoms with E-state index >= 15 is 0 Å². The number of rotatable bonds is 5. The highest BCUT2D eigenvalue weighted by molar-refractivity contribution is 7.89. The molecule has 0 aliphatic rings. The van der Waals surface area contributed by atoms with Gasteiger partial charge in [-0.3, -0.25) is 0 Å². The summed E-state index contributed by atoms with van der Waals surface area (Å²) >= 11 is 5.58. The Balaban J connectivity index is 2.29. The maximum Gasteiger partial charge on any atom is 0.241 e. The van der Waals surface area contributed by atoms with E-state index in [0.29, 0.717) is 5.56 Å². The van der Waals surface area contributed by atoms with Gasteiger partial charge in [0.05, 0.1) is 22.6 Å². The minimum atomic E-state index is -3.81. The summed E-state index contributed by atoms with van der Waals surface area (Å²) in [6.07, 6.45) is 0. The summed E-state index contributed by atoms with van der Waals surface area (Å²) in [5.74, 6) is -0.675. The molecule has 0 radical (unpaired) electrons. The average Bonchev–Trinajstić information content (AvgIpc) is 2.49. The predicted octanol–water partition coefficient (Wildman–Crippen LogP) is 2.49. The van der Waals surface area contributed by atoms with Crippen LogP contribution in [0.25, 0.3) is 0 Å². The second kappa shape index (κ2) is 6.53. The monoisotopic (exact) mass is 329 g/mol. The Kier molecular flexibility index (Phi) is 4.95. The van der Waals surface area contributed by atoms with Crippen LogP contribution in [0.1, 0.15) is 11.6 Å². The highest BCUT2D eigenvalue weighted by atomic mass is 35.5. The van der Waals surface area contributed by atoms with E-state index in [9.17, 15) is 17.9 Å². The predicted molar refractivity (Wildman–Crippen MR) is 78.0 cm³/mol. The maximum atomic E-state index is 13.4. The molecule has 112 valence electrons. The normalized spacial score (nSPS) is 13.1. The van der Waals surface area contributed by atoms with Crippen LogP contribution in [0.2, 0.25) is 5.02 Å². The molecule has 2 aromatic rings. The fourth-order valence-corrected chi connectivity index (χ4v) is 3.15. The highest BCUT2D eigenvalue weighted by Gasteiger charge is 2.21. The van der Waals surface area contributed by atoms with Crippen LogP contribution in [0.4, 0.5) is 4.39 Å². The maximum absolute atomic E-state index is 13.4. The van der Waals surface area contributed by atoms with Gasteiger partial charge in [0.15, 0.2) is 0 Å². The molecule has 0 fully saturated rings. The summed E-state index contributed by atoms with van der Waals surface area (Å²) in [6.45, 7) is -0.507. The minimum Gasteiger partial charge on any atom is -0.394 e. The molecule has 4 nitrogen and oxygen atoms in total. The minimum absolute atomic E-state index is 0.0675. The number of aliphatic hydroxyl groups excluding tert-OH is 1. The number of hydrogen-bond acceptors (Lipinski definition) is 3. The van der Waals surface area contributed by atoms with Crippen LogP contribution in [0.5, 0.6) is 0 Å². The molecule has 21 heavy (non-hydrogen) atoms. The van der Waals surface area contributed by atoms with Gasteiger partial charge < -0.3 is 5.11 Å². The van der Waals surface area contributed by atoms with Gasteiger partial charge in [-0.1, -0.05) is 35.9 Å². The molecule has 0 aliphatic carbocycles. The van der Waals surface area contributed by atoms with Crippen molar-refractivity contribution in [1.29, 1.82) is 0 Å². The molecule has 7 heteroatoms. The largest absolute Gasteiger partial charge is 0.394 e. The lowest BCUT2D eigenvalue weighted by molar-refractivity contribution is 0.258. The van der Waals surface area contributed by atoms with Crippen LogP contribution in [0.3, 0.4) is 0 Å². The highest BCUT2D eigenvalue weighted by Crippen LogP contribution is 2.22. The summed E-state index contributed by atoms with van der Waals surface area (Å²) in [7, 11) is -3.81. The van der Waals surface area contributed by atoms with Gasteiger partial charge in [0.1, 0.15) is 5.82 Å². The van der Waals surface area contributed by atoms with Gasteiger partial charge >= 0.3 is 0 Å². The van der Waals surface area contributed by atoms with E-state index in [2.05, 4.69) is 4.72 Å². The van der Waals surface area contributed by atoms with Crippen LogP contribution < -0.4 is 4.72 Å². The number of hydrogen-bond donors (Lipinski definition) is 2. The third-order valence-electron chi connectivity index (χ3n) is 2.88. The van der Waals surface area contributed by atoms with E-state index in [1.54, 1.807) is 18.2 Å². The zero-order valence-electron chi connectivity index (χ0n) is 10.8. The van der Waals surface area contributed by atoms with Gasteiger partial charge in [-0.15, -0.1) is 0 Å². The number of nitrogens with one attached hydrogen (secondary N) is 1. The first-order valence-electron chi connectivity index (χ1n) is 6.07. The lowest BCUT2D eigenvalue weighted by Crippen LogP contribution is -2.30. The Morgan fingerprint density at radius 1 is 1.19 bits per heavy atom. The molecule has 0 spiro atoms. The van der Waals surface area contributed by atoms with Crippen molar-refractivity contribution in [2.75, 3.05) is 6.61 Å². The number of aliphatic hydroxyl groups is 1. The lowest BCUT2D eigenvalue weighted by Gasteiger charge is -2.17. The molecule has 2 N–H and O–H groups in total. The van der Waals surface area contributed by atoms with Crippen molar-refractivity contribution in [3.63, 3.8) is 0 Å². The summed E-state index contributed by atoms with van der Waals surface area (Å²) in [5, 5.41) is 9.30. The fraction of sp³-hybridized carbons (Fsp3) is 0.143. The standard InChI is InChI=1S/C14H13ClFNO3S/c15-12-7-6-10(8-13(12)16)14(9-18)17-21(19,20)11-4-2-1-3-5-11/h1-8,14,17-18H,9H2. The summed E-state index contributed by atoms with van der Waals surface area (Å²) in [6, 6.07) is 10.6. The Labute approximate surface area is 127 Å². The Hall–Kier alpha value is -1.47. The zero-order chi connectivity index (χ0) is 15.5. The molecule has 0 saturated carbocycles. The van der Waals surface area contributed by atoms with E-state index in [1.807, 2.05) is 0 Å². The molecule has 0 aliphatic heterocycles. The Morgan fingerprint density at radius 3 is 2.43 bits per heavy atom. The molecule has 2 rings (SSSR count). The topological polar surface area (TPSA) is 66.4 Å². The van der Waals surface area contributed by atoms with Crippen molar-refractivity contribution in [2.45, 2.75) is 10.9 Å². The fourth-order valence-electron chi connectivity index (χ4n) is 1.79. The van der Waals surface area contributed by atoms with Gasteiger partial charge in [0.25, 0.3) is 0 Å². The van der Waals surface area contributed by atoms with Crippen LogP contribution >= 0.6 is 11.6 Å². The second-order valence-electron chi connectivity index (χ2n) is 4.34. The van der Waals surface area contributed by atoms with Crippen LogP contribution in [-0.2, 0) is 10.0 Å². The second-order valence-corrected chi connectivity index (χ2v) is 6.46. The summed E-state index contributed by atoms with van der Waals surface area (Å²) in [4.78, 5) is 0.0675. The van der Waals surface area contributed by atoms with Crippen molar-refractivity contribution in [1.82, 2.24) is 4.72 Å². The van der Waals surface area contributed by atoms with Gasteiger partial charge in [-0.2, -0.15) is 0 Å². The molecule has 1 unspecified atom stereocenters. The average molecular weight is 330 g/mol. The molecular formula is C14H13ClFNO3S. The van der Waals surface area contributed by atoms with Crippen molar-refractivity contribution >= 4 is 21.6 Å². The third kappa shape index (κ3) is 3.79. The Morgan fingerprint density at radius 2 is 1.86 bits per heavy atom. The van der Waals surface area contributed by atoms with Gasteiger partial charge in [0, 0.05) is 0 Å².